The van der Waals surface area contributed by atoms with Crippen LogP contribution in [0.15, 0.2) is 97.1 Å². The Bertz CT molecular complexity index is 1270. The first-order valence-electron chi connectivity index (χ1n) is 10.8. The van der Waals surface area contributed by atoms with Crippen LogP contribution in [0.4, 0.5) is 5.69 Å². The normalized spacial score (nSPS) is 17.8. The largest absolute Gasteiger partial charge is 0.344 e. The third kappa shape index (κ3) is 3.25. The number of carbonyl (C=O) groups is 2. The summed E-state index contributed by atoms with van der Waals surface area (Å²) >= 11 is 0. The van der Waals surface area contributed by atoms with Crippen molar-refractivity contribution in [3.63, 3.8) is 0 Å². The summed E-state index contributed by atoms with van der Waals surface area (Å²) in [6, 6.07) is 31.0. The molecule has 1 fully saturated rings. The Morgan fingerprint density at radius 1 is 0.781 bits per heavy atom. The molecule has 0 unspecified atom stereocenters. The van der Waals surface area contributed by atoms with Gasteiger partial charge >= 0.3 is 0 Å². The van der Waals surface area contributed by atoms with E-state index in [4.69, 9.17) is 0 Å². The molecule has 158 valence electrons. The van der Waals surface area contributed by atoms with Gasteiger partial charge in [-0.25, -0.2) is 0 Å². The van der Waals surface area contributed by atoms with E-state index in [1.54, 1.807) is 0 Å². The van der Waals surface area contributed by atoms with Crippen molar-refractivity contribution >= 4 is 17.4 Å². The number of anilines is 1. The van der Waals surface area contributed by atoms with Gasteiger partial charge in [-0.3, -0.25) is 9.59 Å². The molecule has 1 amide bonds. The fraction of sp³-hybridized carbons (Fsp3) is 0.143. The highest BCUT2D eigenvalue weighted by atomic mass is 16.2. The number of aryl methyl sites for hydroxylation is 1. The first-order chi connectivity index (χ1) is 15.6. The summed E-state index contributed by atoms with van der Waals surface area (Å²) in [7, 11) is 1.87. The summed E-state index contributed by atoms with van der Waals surface area (Å²) in [5.41, 5.74) is 5.16. The van der Waals surface area contributed by atoms with Gasteiger partial charge in [0.1, 0.15) is 5.92 Å². The van der Waals surface area contributed by atoms with Crippen molar-refractivity contribution in [3.8, 4) is 0 Å². The molecule has 0 radical (unpaired) electrons. The van der Waals surface area contributed by atoms with Crippen LogP contribution in [-0.4, -0.2) is 16.3 Å². The van der Waals surface area contributed by atoms with Crippen LogP contribution in [0, 0.1) is 6.92 Å². The number of carbonyl (C=O) groups excluding carboxylic acids is 2. The summed E-state index contributed by atoms with van der Waals surface area (Å²) < 4.78 is 1.88. The number of rotatable bonds is 5. The molecule has 1 saturated heterocycles. The molecule has 5 rings (SSSR count). The Kier molecular flexibility index (Phi) is 4.98. The van der Waals surface area contributed by atoms with Gasteiger partial charge in [-0.2, -0.15) is 0 Å². The highest BCUT2D eigenvalue weighted by Gasteiger charge is 2.50. The highest BCUT2D eigenvalue weighted by molar-refractivity contribution is 6.09. The summed E-state index contributed by atoms with van der Waals surface area (Å²) in [5.74, 6) is -0.343. The molecular weight excluding hydrogens is 396 g/mol. The molecular formula is C28H24N2O2. The second-order valence-electron chi connectivity index (χ2n) is 8.27. The summed E-state index contributed by atoms with van der Waals surface area (Å²) in [5, 5.41) is 0. The molecule has 0 spiro atoms. The minimum atomic E-state index is -0.345. The van der Waals surface area contributed by atoms with Gasteiger partial charge in [0.05, 0.1) is 11.7 Å². The molecule has 0 N–H and O–H groups in total. The lowest BCUT2D eigenvalue weighted by Gasteiger charge is -2.47. The quantitative estimate of drug-likeness (QED) is 0.319. The van der Waals surface area contributed by atoms with Gasteiger partial charge in [0.2, 0.25) is 11.7 Å². The Morgan fingerprint density at radius 2 is 1.41 bits per heavy atom. The van der Waals surface area contributed by atoms with E-state index in [-0.39, 0.29) is 23.7 Å². The molecule has 0 saturated carbocycles. The molecule has 2 atom stereocenters. The molecule has 32 heavy (non-hydrogen) atoms. The second kappa shape index (κ2) is 7.97. The number of hydrogen-bond acceptors (Lipinski definition) is 2. The molecule has 1 aromatic heterocycles. The SMILES string of the molecule is Cc1ccc(C(=O)c2ccc([C@H]3C(=O)N(c4ccccc4)[C@@H]3c3ccccc3)n2C)cc1. The molecule has 4 nitrogen and oxygen atoms in total. The minimum absolute atomic E-state index is 0.0401. The fourth-order valence-electron chi connectivity index (χ4n) is 4.57. The molecule has 4 heteroatoms. The van der Waals surface area contributed by atoms with E-state index in [2.05, 4.69) is 12.1 Å². The van der Waals surface area contributed by atoms with Crippen molar-refractivity contribution in [1.29, 1.82) is 0 Å². The van der Waals surface area contributed by atoms with Crippen molar-refractivity contribution < 1.29 is 9.59 Å². The minimum Gasteiger partial charge on any atom is -0.344 e. The maximum Gasteiger partial charge on any atom is 0.239 e. The number of benzene rings is 3. The van der Waals surface area contributed by atoms with E-state index in [0.29, 0.717) is 11.3 Å². The molecule has 2 heterocycles. The monoisotopic (exact) mass is 420 g/mol. The maximum atomic E-state index is 13.4. The van der Waals surface area contributed by atoms with Crippen molar-refractivity contribution in [2.45, 2.75) is 18.9 Å². The molecule has 4 aromatic rings. The molecule has 1 aliphatic rings. The number of hydrogen-bond donors (Lipinski definition) is 0. The number of ketones is 1. The van der Waals surface area contributed by atoms with Crippen LogP contribution < -0.4 is 4.90 Å². The maximum absolute atomic E-state index is 13.4. The lowest BCUT2D eigenvalue weighted by Crippen LogP contribution is -2.54. The average molecular weight is 421 g/mol. The van der Waals surface area contributed by atoms with Crippen LogP contribution in [0.2, 0.25) is 0 Å². The van der Waals surface area contributed by atoms with Gasteiger partial charge in [-0.1, -0.05) is 78.4 Å². The van der Waals surface area contributed by atoms with Crippen molar-refractivity contribution in [2.24, 2.45) is 7.05 Å². The Morgan fingerprint density at radius 3 is 2.06 bits per heavy atom. The van der Waals surface area contributed by atoms with E-state index in [9.17, 15) is 9.59 Å². The standard InChI is InChI=1S/C28H24N2O2/c1-19-13-15-21(16-14-19)27(31)24-18-17-23(29(24)2)25-26(20-9-5-3-6-10-20)30(28(25)32)22-11-7-4-8-12-22/h3-18,25-26H,1-2H3/t25-,26-/m1/s1. The zero-order valence-corrected chi connectivity index (χ0v) is 18.1. The first kappa shape index (κ1) is 20.0. The van der Waals surface area contributed by atoms with Gasteiger partial charge in [0.25, 0.3) is 0 Å². The first-order valence-corrected chi connectivity index (χ1v) is 10.8. The lowest BCUT2D eigenvalue weighted by molar-refractivity contribution is -0.126. The number of para-hydroxylation sites is 1. The van der Waals surface area contributed by atoms with Crippen LogP contribution in [-0.2, 0) is 11.8 Å². The Labute approximate surface area is 187 Å². The van der Waals surface area contributed by atoms with Crippen molar-refractivity contribution in [3.05, 3.63) is 125 Å². The zero-order chi connectivity index (χ0) is 22.2. The van der Waals surface area contributed by atoms with Crippen LogP contribution in [0.3, 0.4) is 0 Å². The van der Waals surface area contributed by atoms with Crippen molar-refractivity contribution in [2.75, 3.05) is 4.90 Å². The van der Waals surface area contributed by atoms with Crippen molar-refractivity contribution in [1.82, 2.24) is 4.57 Å². The smallest absolute Gasteiger partial charge is 0.239 e. The fourth-order valence-corrected chi connectivity index (χ4v) is 4.57. The predicted octanol–water partition coefficient (Wildman–Crippen LogP) is 5.44. The van der Waals surface area contributed by atoms with Crippen LogP contribution in [0.1, 0.15) is 44.8 Å². The van der Waals surface area contributed by atoms with E-state index >= 15 is 0 Å². The van der Waals surface area contributed by atoms with Crippen LogP contribution >= 0.6 is 0 Å². The molecule has 0 bridgehead atoms. The second-order valence-corrected chi connectivity index (χ2v) is 8.27. The van der Waals surface area contributed by atoms with Gasteiger partial charge in [0.15, 0.2) is 0 Å². The van der Waals surface area contributed by atoms with E-state index in [1.807, 2.05) is 108 Å². The third-order valence-electron chi connectivity index (χ3n) is 6.30. The number of β-lactam (4-membered cyclic amide) rings is 1. The topological polar surface area (TPSA) is 42.3 Å². The average Bonchev–Trinajstić information content (AvgIpc) is 3.19. The molecule has 0 aliphatic carbocycles. The van der Waals surface area contributed by atoms with Gasteiger partial charge < -0.3 is 9.47 Å². The zero-order valence-electron chi connectivity index (χ0n) is 18.1. The summed E-state index contributed by atoms with van der Waals surface area (Å²) in [6.07, 6.45) is 0. The van der Waals surface area contributed by atoms with Gasteiger partial charge in [-0.15, -0.1) is 0 Å². The van der Waals surface area contributed by atoms with E-state index in [0.717, 1.165) is 22.5 Å². The number of nitrogens with zero attached hydrogens (tertiary/aromatic N) is 2. The number of amides is 1. The van der Waals surface area contributed by atoms with Crippen LogP contribution in [0.25, 0.3) is 0 Å². The van der Waals surface area contributed by atoms with Gasteiger partial charge in [-0.05, 0) is 36.8 Å². The summed E-state index contributed by atoms with van der Waals surface area (Å²) in [6.45, 7) is 2.00. The van der Waals surface area contributed by atoms with Crippen LogP contribution in [0.5, 0.6) is 0 Å². The predicted molar refractivity (Wildman–Crippen MR) is 126 cm³/mol. The molecule has 3 aromatic carbocycles. The van der Waals surface area contributed by atoms with E-state index < -0.39 is 0 Å². The lowest BCUT2D eigenvalue weighted by atomic mass is 9.79. The Hall–Kier alpha value is -3.92. The third-order valence-corrected chi connectivity index (χ3v) is 6.30. The van der Waals surface area contributed by atoms with E-state index in [1.165, 1.54) is 0 Å². The number of aromatic nitrogens is 1. The van der Waals surface area contributed by atoms with Gasteiger partial charge in [0, 0.05) is 24.0 Å². The molecule has 1 aliphatic heterocycles. The Balaban J connectivity index is 1.53. The highest BCUT2D eigenvalue weighted by Crippen LogP contribution is 2.49. The summed E-state index contributed by atoms with van der Waals surface area (Å²) in [4.78, 5) is 28.4.